The molecular formula is C11H11F3INO. The standard InChI is InChI=1S/C11H11F3INO/c12-11(13,14)9-3-1-8(2-4-9)7-10(17)16-6-5-15/h1-4H,5-7H2,(H,16,17). The first-order valence-electron chi connectivity index (χ1n) is 4.92. The van der Waals surface area contributed by atoms with Gasteiger partial charge in [0.25, 0.3) is 0 Å². The number of halogens is 4. The highest BCUT2D eigenvalue weighted by Crippen LogP contribution is 2.29. The third kappa shape index (κ3) is 4.93. The minimum atomic E-state index is -4.33. The lowest BCUT2D eigenvalue weighted by Crippen LogP contribution is -2.26. The fourth-order valence-electron chi connectivity index (χ4n) is 1.25. The van der Waals surface area contributed by atoms with Crippen molar-refractivity contribution in [2.45, 2.75) is 12.6 Å². The molecule has 1 aromatic rings. The molecule has 94 valence electrons. The predicted molar refractivity (Wildman–Crippen MR) is 67.0 cm³/mol. The van der Waals surface area contributed by atoms with Gasteiger partial charge in [-0.25, -0.2) is 0 Å². The van der Waals surface area contributed by atoms with Gasteiger partial charge in [0.2, 0.25) is 5.91 Å². The summed E-state index contributed by atoms with van der Waals surface area (Å²) in [6.45, 7) is 0.569. The maximum Gasteiger partial charge on any atom is 0.416 e. The van der Waals surface area contributed by atoms with Crippen LogP contribution in [0.1, 0.15) is 11.1 Å². The van der Waals surface area contributed by atoms with Crippen LogP contribution in [-0.2, 0) is 17.4 Å². The summed E-state index contributed by atoms with van der Waals surface area (Å²) in [5, 5.41) is 2.66. The molecule has 0 heterocycles. The van der Waals surface area contributed by atoms with Gasteiger partial charge < -0.3 is 5.32 Å². The van der Waals surface area contributed by atoms with Crippen LogP contribution in [0, 0.1) is 0 Å². The molecule has 0 saturated carbocycles. The van der Waals surface area contributed by atoms with Gasteiger partial charge >= 0.3 is 6.18 Å². The van der Waals surface area contributed by atoms with Gasteiger partial charge in [0, 0.05) is 11.0 Å². The smallest absolute Gasteiger partial charge is 0.355 e. The first-order chi connectivity index (χ1) is 7.93. The second kappa shape index (κ2) is 6.23. The number of carbonyl (C=O) groups is 1. The molecule has 0 spiro atoms. The van der Waals surface area contributed by atoms with Crippen LogP contribution in [0.2, 0.25) is 0 Å². The highest BCUT2D eigenvalue weighted by molar-refractivity contribution is 14.1. The normalized spacial score (nSPS) is 11.3. The van der Waals surface area contributed by atoms with Gasteiger partial charge in [-0.1, -0.05) is 34.7 Å². The molecule has 0 fully saturated rings. The topological polar surface area (TPSA) is 29.1 Å². The molecule has 0 aromatic heterocycles. The van der Waals surface area contributed by atoms with Crippen molar-refractivity contribution in [1.29, 1.82) is 0 Å². The van der Waals surface area contributed by atoms with Gasteiger partial charge in [-0.05, 0) is 17.7 Å². The number of hydrogen-bond acceptors (Lipinski definition) is 1. The Kier molecular flexibility index (Phi) is 5.23. The number of rotatable bonds is 4. The lowest BCUT2D eigenvalue weighted by Gasteiger charge is -2.07. The van der Waals surface area contributed by atoms with Crippen LogP contribution in [0.5, 0.6) is 0 Å². The molecule has 0 bridgehead atoms. The van der Waals surface area contributed by atoms with Gasteiger partial charge in [-0.3, -0.25) is 4.79 Å². The Morgan fingerprint density at radius 1 is 1.24 bits per heavy atom. The second-order valence-corrected chi connectivity index (χ2v) is 4.49. The Hall–Kier alpha value is -0.790. The number of hydrogen-bond donors (Lipinski definition) is 1. The fraction of sp³-hybridized carbons (Fsp3) is 0.364. The first kappa shape index (κ1) is 14.3. The molecule has 2 nitrogen and oxygen atoms in total. The van der Waals surface area contributed by atoms with Crippen LogP contribution in [0.15, 0.2) is 24.3 Å². The van der Waals surface area contributed by atoms with E-state index in [2.05, 4.69) is 27.9 Å². The molecule has 1 rings (SSSR count). The van der Waals surface area contributed by atoms with Crippen molar-refractivity contribution in [3.05, 3.63) is 35.4 Å². The molecule has 1 N–H and O–H groups in total. The van der Waals surface area contributed by atoms with Gasteiger partial charge in [0.15, 0.2) is 0 Å². The van der Waals surface area contributed by atoms with Gasteiger partial charge in [-0.2, -0.15) is 13.2 Å². The fourth-order valence-corrected chi connectivity index (χ4v) is 1.52. The summed E-state index contributed by atoms with van der Waals surface area (Å²) in [6, 6.07) is 4.63. The van der Waals surface area contributed by atoms with Gasteiger partial charge in [0.05, 0.1) is 12.0 Å². The minimum Gasteiger partial charge on any atom is -0.355 e. The highest BCUT2D eigenvalue weighted by Gasteiger charge is 2.29. The molecule has 0 radical (unpaired) electrons. The molecule has 0 aliphatic carbocycles. The number of benzene rings is 1. The Balaban J connectivity index is 2.60. The number of amides is 1. The molecule has 0 atom stereocenters. The number of carbonyl (C=O) groups excluding carboxylic acids is 1. The van der Waals surface area contributed by atoms with Crippen LogP contribution in [0.3, 0.4) is 0 Å². The zero-order chi connectivity index (χ0) is 12.9. The van der Waals surface area contributed by atoms with Crippen molar-refractivity contribution in [2.75, 3.05) is 11.0 Å². The first-order valence-corrected chi connectivity index (χ1v) is 6.45. The molecule has 0 aliphatic rings. The summed E-state index contributed by atoms with van der Waals surface area (Å²) >= 11 is 2.13. The van der Waals surface area contributed by atoms with Crippen molar-refractivity contribution in [1.82, 2.24) is 5.32 Å². The molecule has 0 saturated heterocycles. The SMILES string of the molecule is O=C(Cc1ccc(C(F)(F)F)cc1)NCCI. The van der Waals surface area contributed by atoms with E-state index in [0.717, 1.165) is 16.6 Å². The van der Waals surface area contributed by atoms with Crippen molar-refractivity contribution < 1.29 is 18.0 Å². The number of nitrogens with one attached hydrogen (secondary N) is 1. The minimum absolute atomic E-state index is 0.106. The third-order valence-electron chi connectivity index (χ3n) is 2.06. The second-order valence-electron chi connectivity index (χ2n) is 3.41. The van der Waals surface area contributed by atoms with Gasteiger partial charge in [-0.15, -0.1) is 0 Å². The van der Waals surface area contributed by atoms with E-state index >= 15 is 0 Å². The molecule has 1 aromatic carbocycles. The maximum atomic E-state index is 12.3. The predicted octanol–water partition coefficient (Wildman–Crippen LogP) is 2.80. The lowest BCUT2D eigenvalue weighted by atomic mass is 10.1. The summed E-state index contributed by atoms with van der Waals surface area (Å²) in [5.74, 6) is -0.179. The largest absolute Gasteiger partial charge is 0.416 e. The summed E-state index contributed by atoms with van der Waals surface area (Å²) in [5.41, 5.74) is -0.127. The summed E-state index contributed by atoms with van der Waals surface area (Å²) < 4.78 is 37.6. The monoisotopic (exact) mass is 357 g/mol. The van der Waals surface area contributed by atoms with E-state index in [4.69, 9.17) is 0 Å². The summed E-state index contributed by atoms with van der Waals surface area (Å²) in [6.07, 6.45) is -4.23. The Bertz CT molecular complexity index is 375. The van der Waals surface area contributed by atoms with Crippen LogP contribution in [0.25, 0.3) is 0 Å². The Morgan fingerprint density at radius 3 is 2.29 bits per heavy atom. The lowest BCUT2D eigenvalue weighted by molar-refractivity contribution is -0.137. The quantitative estimate of drug-likeness (QED) is 0.652. The Morgan fingerprint density at radius 2 is 1.82 bits per heavy atom. The van der Waals surface area contributed by atoms with Crippen molar-refractivity contribution in [3.8, 4) is 0 Å². The van der Waals surface area contributed by atoms with Crippen LogP contribution < -0.4 is 5.32 Å². The number of alkyl halides is 4. The molecule has 1 amide bonds. The third-order valence-corrected chi connectivity index (χ3v) is 2.60. The van der Waals surface area contributed by atoms with Crippen LogP contribution in [0.4, 0.5) is 13.2 Å². The zero-order valence-electron chi connectivity index (χ0n) is 8.85. The van der Waals surface area contributed by atoms with E-state index in [1.807, 2.05) is 0 Å². The van der Waals surface area contributed by atoms with Gasteiger partial charge in [0.1, 0.15) is 0 Å². The van der Waals surface area contributed by atoms with E-state index in [1.165, 1.54) is 12.1 Å². The molecule has 0 aliphatic heterocycles. The summed E-state index contributed by atoms with van der Waals surface area (Å²) in [4.78, 5) is 11.3. The highest BCUT2D eigenvalue weighted by atomic mass is 127. The average Bonchev–Trinajstić information content (AvgIpc) is 2.26. The average molecular weight is 357 g/mol. The van der Waals surface area contributed by atoms with E-state index in [1.54, 1.807) is 0 Å². The zero-order valence-corrected chi connectivity index (χ0v) is 11.0. The van der Waals surface area contributed by atoms with E-state index < -0.39 is 11.7 Å². The van der Waals surface area contributed by atoms with Crippen molar-refractivity contribution in [2.24, 2.45) is 0 Å². The van der Waals surface area contributed by atoms with Crippen LogP contribution >= 0.6 is 22.6 Å². The summed E-state index contributed by atoms with van der Waals surface area (Å²) in [7, 11) is 0. The molecule has 17 heavy (non-hydrogen) atoms. The molecule has 0 unspecified atom stereocenters. The van der Waals surface area contributed by atoms with E-state index in [9.17, 15) is 18.0 Å². The Labute approximate surface area is 111 Å². The van der Waals surface area contributed by atoms with Crippen molar-refractivity contribution in [3.63, 3.8) is 0 Å². The van der Waals surface area contributed by atoms with Crippen molar-refractivity contribution >= 4 is 28.5 Å². The maximum absolute atomic E-state index is 12.3. The van der Waals surface area contributed by atoms with Crippen LogP contribution in [-0.4, -0.2) is 16.9 Å². The van der Waals surface area contributed by atoms with E-state index in [-0.39, 0.29) is 12.3 Å². The molecular weight excluding hydrogens is 346 g/mol. The molecule has 6 heteroatoms. The van der Waals surface area contributed by atoms with E-state index in [0.29, 0.717) is 12.1 Å².